The zero-order chi connectivity index (χ0) is 59.9. The van der Waals surface area contributed by atoms with Crippen molar-refractivity contribution < 1.29 is 28.6 Å². The zero-order valence-electron chi connectivity index (χ0n) is 56.0. The molecule has 0 radical (unpaired) electrons. The number of esters is 3. The molecule has 0 bridgehead atoms. The maximum Gasteiger partial charge on any atom is 0.306 e. The van der Waals surface area contributed by atoms with Crippen LogP contribution in [0, 0.1) is 0 Å². The summed E-state index contributed by atoms with van der Waals surface area (Å²) >= 11 is 0. The molecule has 83 heavy (non-hydrogen) atoms. The summed E-state index contributed by atoms with van der Waals surface area (Å²) in [4.78, 5) is 38.5. The molecule has 0 saturated heterocycles. The van der Waals surface area contributed by atoms with Crippen LogP contribution in [-0.4, -0.2) is 37.2 Å². The van der Waals surface area contributed by atoms with Crippen LogP contribution in [0.15, 0.2) is 48.6 Å². The average Bonchev–Trinajstić information content (AvgIpc) is 3.50. The first-order valence-electron chi connectivity index (χ1n) is 37.1. The molecular weight excluding hydrogens is 1020 g/mol. The van der Waals surface area contributed by atoms with Gasteiger partial charge in [-0.1, -0.05) is 352 Å². The van der Waals surface area contributed by atoms with Crippen LogP contribution in [0.2, 0.25) is 0 Å². The molecule has 0 aliphatic rings. The monoisotopic (exact) mass is 1160 g/mol. The normalized spacial score (nSPS) is 12.3. The van der Waals surface area contributed by atoms with Crippen molar-refractivity contribution in [1.29, 1.82) is 0 Å². The maximum absolute atomic E-state index is 13.0. The van der Waals surface area contributed by atoms with Crippen LogP contribution in [0.4, 0.5) is 0 Å². The molecule has 0 N–H and O–H groups in total. The molecule has 0 amide bonds. The van der Waals surface area contributed by atoms with Gasteiger partial charge in [-0.05, 0) is 83.5 Å². The third kappa shape index (κ3) is 70.0. The highest BCUT2D eigenvalue weighted by molar-refractivity contribution is 5.71. The second kappa shape index (κ2) is 71.8. The molecule has 0 aromatic rings. The van der Waals surface area contributed by atoms with Crippen molar-refractivity contribution in [2.45, 2.75) is 412 Å². The Labute approximate surface area is 518 Å². The van der Waals surface area contributed by atoms with Crippen molar-refractivity contribution >= 4 is 17.9 Å². The summed E-state index contributed by atoms with van der Waals surface area (Å²) in [5, 5.41) is 0. The summed E-state index contributed by atoms with van der Waals surface area (Å²) in [6, 6.07) is 0. The van der Waals surface area contributed by atoms with Crippen molar-refractivity contribution in [2.75, 3.05) is 13.2 Å². The Hall–Kier alpha value is -2.63. The number of carbonyl (C=O) groups excluding carboxylic acids is 3. The molecule has 0 rings (SSSR count). The molecule has 0 aromatic heterocycles. The predicted molar refractivity (Wildman–Crippen MR) is 362 cm³/mol. The van der Waals surface area contributed by atoms with Crippen LogP contribution in [0.5, 0.6) is 0 Å². The number of ether oxygens (including phenoxy) is 3. The first-order chi connectivity index (χ1) is 41.0. The Morgan fingerprint density at radius 2 is 0.434 bits per heavy atom. The first kappa shape index (κ1) is 80.4. The summed E-state index contributed by atoms with van der Waals surface area (Å²) in [6.07, 6.45) is 91.5. The molecule has 0 aromatic carbocycles. The van der Waals surface area contributed by atoms with Gasteiger partial charge in [-0.3, -0.25) is 14.4 Å². The van der Waals surface area contributed by atoms with Gasteiger partial charge in [0.15, 0.2) is 6.10 Å². The lowest BCUT2D eigenvalue weighted by Gasteiger charge is -2.18. The highest BCUT2D eigenvalue weighted by Crippen LogP contribution is 2.19. The summed E-state index contributed by atoms with van der Waals surface area (Å²) in [6.45, 7) is 6.67. The molecule has 6 nitrogen and oxygen atoms in total. The van der Waals surface area contributed by atoms with E-state index in [2.05, 4.69) is 69.4 Å². The van der Waals surface area contributed by atoms with Crippen LogP contribution in [0.3, 0.4) is 0 Å². The number of hydrogen-bond donors (Lipinski definition) is 0. The van der Waals surface area contributed by atoms with Crippen LogP contribution in [0.25, 0.3) is 0 Å². The van der Waals surface area contributed by atoms with Gasteiger partial charge in [0.2, 0.25) is 0 Å². The van der Waals surface area contributed by atoms with E-state index in [0.717, 1.165) is 77.0 Å². The van der Waals surface area contributed by atoms with E-state index in [4.69, 9.17) is 14.2 Å². The lowest BCUT2D eigenvalue weighted by molar-refractivity contribution is -0.167. The second-order valence-electron chi connectivity index (χ2n) is 25.2. The first-order valence-corrected chi connectivity index (χ1v) is 37.1. The van der Waals surface area contributed by atoms with Crippen molar-refractivity contribution in [2.24, 2.45) is 0 Å². The van der Waals surface area contributed by atoms with Gasteiger partial charge in [-0.15, -0.1) is 0 Å². The molecule has 6 heteroatoms. The standard InChI is InChI=1S/C77H142O6/c1-4-7-10-13-16-19-22-25-28-31-34-35-36-37-38-39-40-41-42-44-46-49-52-55-58-61-64-67-70-76(79)82-73-74(72-81-75(78)69-66-63-60-57-54-51-48-45-33-30-27-24-21-18-15-12-9-6-3)83-77(80)71-68-65-62-59-56-53-50-47-43-32-29-26-23-20-17-14-11-8-5-2/h17,20-21,24,26,29-30,33,74H,4-16,18-19,22-23,25,27-28,31-32,34-73H2,1-3H3/b20-17-,24-21-,29-26-,33-30-. The predicted octanol–water partition coefficient (Wildman–Crippen LogP) is 25.7. The molecule has 486 valence electrons. The van der Waals surface area contributed by atoms with E-state index in [9.17, 15) is 14.4 Å². The van der Waals surface area contributed by atoms with Crippen molar-refractivity contribution in [3.8, 4) is 0 Å². The van der Waals surface area contributed by atoms with E-state index in [0.29, 0.717) is 19.3 Å². The number of hydrogen-bond acceptors (Lipinski definition) is 6. The molecule has 1 unspecified atom stereocenters. The van der Waals surface area contributed by atoms with Gasteiger partial charge in [0.05, 0.1) is 0 Å². The largest absolute Gasteiger partial charge is 0.462 e. The third-order valence-corrected chi connectivity index (χ3v) is 16.8. The fourth-order valence-electron chi connectivity index (χ4n) is 11.2. The summed E-state index contributed by atoms with van der Waals surface area (Å²) < 4.78 is 17.0. The Kier molecular flexibility index (Phi) is 69.6. The Morgan fingerprint density at radius 1 is 0.241 bits per heavy atom. The minimum Gasteiger partial charge on any atom is -0.462 e. The van der Waals surface area contributed by atoms with E-state index in [1.54, 1.807) is 0 Å². The van der Waals surface area contributed by atoms with Gasteiger partial charge < -0.3 is 14.2 Å². The lowest BCUT2D eigenvalue weighted by Crippen LogP contribution is -2.30. The molecule has 0 spiro atoms. The zero-order valence-corrected chi connectivity index (χ0v) is 56.0. The Balaban J connectivity index is 4.26. The number of rotatable bonds is 69. The minimum absolute atomic E-state index is 0.0732. The topological polar surface area (TPSA) is 78.9 Å². The van der Waals surface area contributed by atoms with Crippen LogP contribution < -0.4 is 0 Å². The third-order valence-electron chi connectivity index (χ3n) is 16.8. The molecule has 0 saturated carbocycles. The molecule has 0 fully saturated rings. The van der Waals surface area contributed by atoms with Gasteiger partial charge >= 0.3 is 17.9 Å². The second-order valence-corrected chi connectivity index (χ2v) is 25.2. The van der Waals surface area contributed by atoms with Gasteiger partial charge in [0.25, 0.3) is 0 Å². The fraction of sp³-hybridized carbons (Fsp3) is 0.857. The number of allylic oxidation sites excluding steroid dienone is 8. The molecule has 0 heterocycles. The molecule has 1 atom stereocenters. The van der Waals surface area contributed by atoms with Gasteiger partial charge in [0.1, 0.15) is 13.2 Å². The van der Waals surface area contributed by atoms with Gasteiger partial charge in [-0.2, -0.15) is 0 Å². The summed E-state index contributed by atoms with van der Waals surface area (Å²) in [5.41, 5.74) is 0. The van der Waals surface area contributed by atoms with E-state index in [1.807, 2.05) is 0 Å². The minimum atomic E-state index is -0.779. The highest BCUT2D eigenvalue weighted by atomic mass is 16.6. The maximum atomic E-state index is 13.0. The molecular formula is C77H142O6. The smallest absolute Gasteiger partial charge is 0.306 e. The van der Waals surface area contributed by atoms with Crippen LogP contribution in [-0.2, 0) is 28.6 Å². The van der Waals surface area contributed by atoms with Crippen molar-refractivity contribution in [3.63, 3.8) is 0 Å². The van der Waals surface area contributed by atoms with Gasteiger partial charge in [-0.25, -0.2) is 0 Å². The van der Waals surface area contributed by atoms with Gasteiger partial charge in [0, 0.05) is 19.3 Å². The summed E-state index contributed by atoms with van der Waals surface area (Å²) in [5.74, 6) is -0.857. The number of unbranched alkanes of at least 4 members (excludes halogenated alkanes) is 50. The van der Waals surface area contributed by atoms with E-state index in [-0.39, 0.29) is 31.1 Å². The quantitative estimate of drug-likeness (QED) is 0.0261. The molecule has 0 aliphatic heterocycles. The average molecular weight is 1160 g/mol. The van der Waals surface area contributed by atoms with E-state index in [1.165, 1.54) is 289 Å². The number of carbonyl (C=O) groups is 3. The fourth-order valence-corrected chi connectivity index (χ4v) is 11.2. The Bertz CT molecular complexity index is 1430. The summed E-state index contributed by atoms with van der Waals surface area (Å²) in [7, 11) is 0. The lowest BCUT2D eigenvalue weighted by atomic mass is 10.0. The van der Waals surface area contributed by atoms with Crippen molar-refractivity contribution in [1.82, 2.24) is 0 Å². The van der Waals surface area contributed by atoms with Crippen LogP contribution >= 0.6 is 0 Å². The SMILES string of the molecule is CCCCC/C=C\C/C=C\CCCCCCCCCCCC(=O)OC(COC(=O)CCCCCCCCC/C=C\C/C=C\CCCCCC)COC(=O)CCCCCCCCCCCCCCCCCCCCCCCCCCCCCC. The van der Waals surface area contributed by atoms with Crippen LogP contribution in [0.1, 0.15) is 406 Å². The highest BCUT2D eigenvalue weighted by Gasteiger charge is 2.19. The Morgan fingerprint density at radius 3 is 0.699 bits per heavy atom. The van der Waals surface area contributed by atoms with Crippen molar-refractivity contribution in [3.05, 3.63) is 48.6 Å². The van der Waals surface area contributed by atoms with E-state index >= 15 is 0 Å². The van der Waals surface area contributed by atoms with E-state index < -0.39 is 6.10 Å². The molecule has 0 aliphatic carbocycles.